The number of benzene rings is 3. The van der Waals surface area contributed by atoms with Crippen molar-refractivity contribution < 1.29 is 13.2 Å². The largest absolute Gasteiger partial charge is 0.289 e. The number of carbonyl (C=O) groups is 1. The van der Waals surface area contributed by atoms with Gasteiger partial charge < -0.3 is 0 Å². The summed E-state index contributed by atoms with van der Waals surface area (Å²) in [6.07, 6.45) is 0. The smallest absolute Gasteiger partial charge is 0.236 e. The molecule has 31 heavy (non-hydrogen) atoms. The van der Waals surface area contributed by atoms with Gasteiger partial charge in [0.25, 0.3) is 0 Å². The number of rotatable bonds is 6. The zero-order valence-electron chi connectivity index (χ0n) is 17.4. The molecule has 1 N–H and O–H groups in total. The van der Waals surface area contributed by atoms with Crippen molar-refractivity contribution in [1.82, 2.24) is 0 Å². The van der Waals surface area contributed by atoms with E-state index in [-0.39, 0.29) is 22.0 Å². The van der Waals surface area contributed by atoms with Crippen LogP contribution in [0.5, 0.6) is 0 Å². The minimum Gasteiger partial charge on any atom is -0.289 e. The van der Waals surface area contributed by atoms with Crippen molar-refractivity contribution in [3.8, 4) is 0 Å². The molecule has 0 fully saturated rings. The van der Waals surface area contributed by atoms with E-state index >= 15 is 0 Å². The molecule has 4 nitrogen and oxygen atoms in total. The second-order valence-electron chi connectivity index (χ2n) is 8.33. The topological polar surface area (TPSA) is 63.2 Å². The fourth-order valence-electron chi connectivity index (χ4n) is 3.07. The fourth-order valence-corrected chi connectivity index (χ4v) is 4.85. The van der Waals surface area contributed by atoms with Gasteiger partial charge in [0.2, 0.25) is 10.0 Å². The van der Waals surface area contributed by atoms with Gasteiger partial charge in [0.15, 0.2) is 5.78 Å². The van der Waals surface area contributed by atoms with Crippen LogP contribution in [0.3, 0.4) is 0 Å². The molecule has 0 aromatic heterocycles. The Bertz CT molecular complexity index is 1210. The average Bonchev–Trinajstić information content (AvgIpc) is 2.69. The maximum Gasteiger partial charge on any atom is 0.236 e. The molecule has 0 aliphatic heterocycles. The summed E-state index contributed by atoms with van der Waals surface area (Å²) in [5.74, 6) is -0.489. The Morgan fingerprint density at radius 2 is 1.58 bits per heavy atom. The van der Waals surface area contributed by atoms with Crippen molar-refractivity contribution in [3.63, 3.8) is 0 Å². The second-order valence-corrected chi connectivity index (χ2v) is 10.9. The Kier molecular flexibility index (Phi) is 6.79. The summed E-state index contributed by atoms with van der Waals surface area (Å²) in [6, 6.07) is 18.6. The van der Waals surface area contributed by atoms with Crippen LogP contribution in [0.15, 0.2) is 66.7 Å². The highest BCUT2D eigenvalue weighted by atomic mass is 35.5. The van der Waals surface area contributed by atoms with Crippen molar-refractivity contribution in [1.29, 1.82) is 0 Å². The average molecular weight is 476 g/mol. The summed E-state index contributed by atoms with van der Waals surface area (Å²) in [5, 5.41) is 0.710. The minimum absolute atomic E-state index is 0.00719. The predicted octanol–water partition coefficient (Wildman–Crippen LogP) is 6.46. The molecule has 0 radical (unpaired) electrons. The predicted molar refractivity (Wildman–Crippen MR) is 128 cm³/mol. The van der Waals surface area contributed by atoms with E-state index in [0.717, 1.165) is 5.56 Å². The van der Waals surface area contributed by atoms with Crippen molar-refractivity contribution in [2.24, 2.45) is 0 Å². The first kappa shape index (κ1) is 23.3. The summed E-state index contributed by atoms with van der Waals surface area (Å²) in [7, 11) is -3.74. The van der Waals surface area contributed by atoms with Crippen molar-refractivity contribution in [2.75, 3.05) is 4.72 Å². The lowest BCUT2D eigenvalue weighted by atomic mass is 9.86. The summed E-state index contributed by atoms with van der Waals surface area (Å²) < 4.78 is 27.7. The van der Waals surface area contributed by atoms with Gasteiger partial charge in [-0.15, -0.1) is 0 Å². The SMILES string of the molecule is CC(C)(C)c1ccc(C(=O)c2cccc(NS(=O)(=O)Cc3ccc(Cl)cc3Cl)c2)cc1. The molecular formula is C24H23Cl2NO3S. The fraction of sp³-hybridized carbons (Fsp3) is 0.208. The summed E-state index contributed by atoms with van der Waals surface area (Å²) in [6.45, 7) is 6.32. The van der Waals surface area contributed by atoms with Crippen LogP contribution >= 0.6 is 23.2 Å². The number of hydrogen-bond donors (Lipinski definition) is 1. The van der Waals surface area contributed by atoms with Crippen LogP contribution in [-0.4, -0.2) is 14.2 Å². The molecule has 0 amide bonds. The number of halogens is 2. The Hall–Kier alpha value is -2.34. The lowest BCUT2D eigenvalue weighted by molar-refractivity contribution is 0.103. The van der Waals surface area contributed by atoms with Gasteiger partial charge in [-0.05, 0) is 40.8 Å². The van der Waals surface area contributed by atoms with Crippen molar-refractivity contribution >= 4 is 44.7 Å². The molecular weight excluding hydrogens is 453 g/mol. The second kappa shape index (κ2) is 9.03. The summed E-state index contributed by atoms with van der Waals surface area (Å²) >= 11 is 12.0. The Balaban J connectivity index is 1.78. The Labute approximate surface area is 193 Å². The number of anilines is 1. The van der Waals surface area contributed by atoms with Crippen LogP contribution in [-0.2, 0) is 21.2 Å². The molecule has 3 rings (SSSR count). The van der Waals surface area contributed by atoms with E-state index in [1.54, 1.807) is 42.5 Å². The molecule has 0 unspecified atom stereocenters. The van der Waals surface area contributed by atoms with Crippen LogP contribution in [0.2, 0.25) is 10.0 Å². The van der Waals surface area contributed by atoms with E-state index in [9.17, 15) is 13.2 Å². The van der Waals surface area contributed by atoms with Crippen LogP contribution in [0, 0.1) is 0 Å². The monoisotopic (exact) mass is 475 g/mol. The number of nitrogens with one attached hydrogen (secondary N) is 1. The van der Waals surface area contributed by atoms with E-state index in [4.69, 9.17) is 23.2 Å². The number of sulfonamides is 1. The van der Waals surface area contributed by atoms with Gasteiger partial charge in [-0.25, -0.2) is 8.42 Å². The zero-order chi connectivity index (χ0) is 22.8. The van der Waals surface area contributed by atoms with Crippen LogP contribution < -0.4 is 4.72 Å². The Morgan fingerprint density at radius 3 is 2.19 bits per heavy atom. The molecule has 3 aromatic carbocycles. The number of hydrogen-bond acceptors (Lipinski definition) is 3. The van der Waals surface area contributed by atoms with Gasteiger partial charge in [-0.1, -0.05) is 86.4 Å². The summed E-state index contributed by atoms with van der Waals surface area (Å²) in [5.41, 5.74) is 2.81. The molecule has 7 heteroatoms. The molecule has 0 bridgehead atoms. The maximum atomic E-state index is 12.9. The van der Waals surface area contributed by atoms with Gasteiger partial charge >= 0.3 is 0 Å². The molecule has 0 saturated carbocycles. The standard InChI is InChI=1S/C24H23Cl2NO3S/c1-24(2,3)19-10-7-16(8-11-19)23(28)17-5-4-6-21(13-17)27-31(29,30)15-18-9-12-20(25)14-22(18)26/h4-14,27H,15H2,1-3H3. The van der Waals surface area contributed by atoms with Gasteiger partial charge in [0, 0.05) is 26.9 Å². The van der Waals surface area contributed by atoms with Crippen LogP contribution in [0.1, 0.15) is 47.8 Å². The first-order chi connectivity index (χ1) is 14.4. The third kappa shape index (κ3) is 6.10. The minimum atomic E-state index is -3.74. The normalized spacial score (nSPS) is 11.9. The molecule has 0 atom stereocenters. The lowest BCUT2D eigenvalue weighted by Crippen LogP contribution is -2.16. The van der Waals surface area contributed by atoms with Gasteiger partial charge in [0.1, 0.15) is 0 Å². The summed E-state index contributed by atoms with van der Waals surface area (Å²) in [4.78, 5) is 12.9. The first-order valence-corrected chi connectivity index (χ1v) is 12.1. The van der Waals surface area contributed by atoms with Crippen molar-refractivity contribution in [2.45, 2.75) is 31.9 Å². The molecule has 0 heterocycles. The lowest BCUT2D eigenvalue weighted by Gasteiger charge is -2.19. The quantitative estimate of drug-likeness (QED) is 0.415. The Morgan fingerprint density at radius 1 is 0.903 bits per heavy atom. The number of ketones is 1. The van der Waals surface area contributed by atoms with E-state index in [1.165, 1.54) is 12.1 Å². The highest BCUT2D eigenvalue weighted by Crippen LogP contribution is 2.25. The highest BCUT2D eigenvalue weighted by Gasteiger charge is 2.17. The third-order valence-electron chi connectivity index (χ3n) is 4.77. The maximum absolute atomic E-state index is 12.9. The van der Waals surface area contributed by atoms with Crippen molar-refractivity contribution in [3.05, 3.63) is 99.0 Å². The van der Waals surface area contributed by atoms with Gasteiger partial charge in [0.05, 0.1) is 5.75 Å². The van der Waals surface area contributed by atoms with E-state index in [2.05, 4.69) is 25.5 Å². The molecule has 0 aliphatic rings. The van der Waals surface area contributed by atoms with Gasteiger partial charge in [-0.2, -0.15) is 0 Å². The third-order valence-corrected chi connectivity index (χ3v) is 6.60. The highest BCUT2D eigenvalue weighted by molar-refractivity contribution is 7.91. The molecule has 0 spiro atoms. The van der Waals surface area contributed by atoms with Crippen LogP contribution in [0.25, 0.3) is 0 Å². The molecule has 0 saturated heterocycles. The number of carbonyl (C=O) groups excluding carboxylic acids is 1. The van der Waals surface area contributed by atoms with Gasteiger partial charge in [-0.3, -0.25) is 9.52 Å². The molecule has 3 aromatic rings. The zero-order valence-corrected chi connectivity index (χ0v) is 19.8. The first-order valence-electron chi connectivity index (χ1n) is 9.64. The van der Waals surface area contributed by atoms with E-state index in [0.29, 0.717) is 27.4 Å². The van der Waals surface area contributed by atoms with E-state index < -0.39 is 10.0 Å². The molecule has 162 valence electrons. The molecule has 0 aliphatic carbocycles. The van der Waals surface area contributed by atoms with Crippen LogP contribution in [0.4, 0.5) is 5.69 Å². The van der Waals surface area contributed by atoms with E-state index in [1.807, 2.05) is 12.1 Å².